The zero-order valence-corrected chi connectivity index (χ0v) is 12.4. The highest BCUT2D eigenvalue weighted by atomic mass is 16.5. The maximum atomic E-state index is 11.8. The predicted molar refractivity (Wildman–Crippen MR) is 75.3 cm³/mol. The van der Waals surface area contributed by atoms with Crippen LogP contribution in [0.15, 0.2) is 4.52 Å². The third kappa shape index (κ3) is 4.21. The van der Waals surface area contributed by atoms with E-state index in [0.29, 0.717) is 11.8 Å². The maximum Gasteiger partial charge on any atom is 0.317 e. The quantitative estimate of drug-likeness (QED) is 0.897. The molecule has 1 aliphatic rings. The molecule has 0 bridgehead atoms. The fraction of sp³-hybridized carbons (Fsp3) is 0.786. The molecule has 0 aliphatic carbocycles. The average Bonchev–Trinajstić information content (AvgIpc) is 2.89. The molecule has 0 saturated carbocycles. The number of hydrogen-bond donors (Lipinski definition) is 1. The highest BCUT2D eigenvalue weighted by Gasteiger charge is 2.22. The van der Waals surface area contributed by atoms with E-state index in [1.54, 1.807) is 0 Å². The zero-order valence-electron chi connectivity index (χ0n) is 12.4. The van der Waals surface area contributed by atoms with Gasteiger partial charge in [0.15, 0.2) is 5.82 Å². The highest BCUT2D eigenvalue weighted by molar-refractivity contribution is 5.74. The summed E-state index contributed by atoms with van der Waals surface area (Å²) in [5.41, 5.74) is 0. The van der Waals surface area contributed by atoms with E-state index in [9.17, 15) is 4.79 Å². The Hall–Kier alpha value is -1.59. The van der Waals surface area contributed by atoms with Crippen LogP contribution in [0.4, 0.5) is 4.79 Å². The number of urea groups is 1. The van der Waals surface area contributed by atoms with Crippen molar-refractivity contribution in [2.75, 3.05) is 19.6 Å². The summed E-state index contributed by atoms with van der Waals surface area (Å²) in [6.45, 7) is 6.34. The Morgan fingerprint density at radius 3 is 2.80 bits per heavy atom. The number of amides is 2. The summed E-state index contributed by atoms with van der Waals surface area (Å²) in [6, 6.07) is 0.0825. The molecule has 1 N–H and O–H groups in total. The lowest BCUT2D eigenvalue weighted by Crippen LogP contribution is -2.44. The van der Waals surface area contributed by atoms with Crippen LogP contribution in [0.25, 0.3) is 0 Å². The number of carbonyl (C=O) groups excluding carboxylic acids is 1. The number of hydrogen-bond acceptors (Lipinski definition) is 4. The topological polar surface area (TPSA) is 71.3 Å². The molecule has 2 rings (SSSR count). The van der Waals surface area contributed by atoms with Gasteiger partial charge in [-0.1, -0.05) is 12.1 Å². The van der Waals surface area contributed by atoms with E-state index < -0.39 is 0 Å². The minimum absolute atomic E-state index is 0.0825. The Morgan fingerprint density at radius 1 is 1.45 bits per heavy atom. The van der Waals surface area contributed by atoms with Crippen LogP contribution in [0.5, 0.6) is 0 Å². The van der Waals surface area contributed by atoms with Gasteiger partial charge in [-0.25, -0.2) is 4.79 Å². The molecule has 1 fully saturated rings. The van der Waals surface area contributed by atoms with Crippen LogP contribution in [-0.4, -0.2) is 40.7 Å². The molecular formula is C14H24N4O2. The van der Waals surface area contributed by atoms with Crippen LogP contribution in [0.3, 0.4) is 0 Å². The lowest BCUT2D eigenvalue weighted by atomic mass is 9.92. The summed E-state index contributed by atoms with van der Waals surface area (Å²) < 4.78 is 4.97. The van der Waals surface area contributed by atoms with Crippen molar-refractivity contribution in [1.82, 2.24) is 20.4 Å². The molecule has 1 aliphatic heterocycles. The number of aryl methyl sites for hydroxylation is 2. The molecule has 0 atom stereocenters. The van der Waals surface area contributed by atoms with Crippen molar-refractivity contribution in [1.29, 1.82) is 0 Å². The normalized spacial score (nSPS) is 16.4. The van der Waals surface area contributed by atoms with E-state index in [2.05, 4.69) is 22.4 Å². The van der Waals surface area contributed by atoms with Gasteiger partial charge in [-0.2, -0.15) is 4.98 Å². The van der Waals surface area contributed by atoms with Gasteiger partial charge in [0.1, 0.15) is 0 Å². The lowest BCUT2D eigenvalue weighted by Gasteiger charge is -2.31. The third-order valence-electron chi connectivity index (χ3n) is 3.77. The summed E-state index contributed by atoms with van der Waals surface area (Å²) in [4.78, 5) is 18.0. The SMILES string of the molecule is CCCNC(=O)N1CCC(CCc2noc(C)n2)CC1. The second-order valence-corrected chi connectivity index (χ2v) is 5.43. The Labute approximate surface area is 119 Å². The number of piperidine rings is 1. The van der Waals surface area contributed by atoms with Crippen LogP contribution in [-0.2, 0) is 6.42 Å². The van der Waals surface area contributed by atoms with Crippen LogP contribution in [0, 0.1) is 12.8 Å². The average molecular weight is 280 g/mol. The first-order valence-corrected chi connectivity index (χ1v) is 7.51. The molecule has 6 nitrogen and oxygen atoms in total. The van der Waals surface area contributed by atoms with E-state index in [1.807, 2.05) is 11.8 Å². The van der Waals surface area contributed by atoms with Crippen LogP contribution in [0.1, 0.15) is 44.3 Å². The first-order chi connectivity index (χ1) is 9.69. The van der Waals surface area contributed by atoms with Crippen molar-refractivity contribution >= 4 is 6.03 Å². The van der Waals surface area contributed by atoms with Gasteiger partial charge in [0.2, 0.25) is 5.89 Å². The number of aromatic nitrogens is 2. The minimum Gasteiger partial charge on any atom is -0.340 e. The van der Waals surface area contributed by atoms with Crippen molar-refractivity contribution in [3.8, 4) is 0 Å². The molecular weight excluding hydrogens is 256 g/mol. The summed E-state index contributed by atoms with van der Waals surface area (Å²) in [7, 11) is 0. The molecule has 0 radical (unpaired) electrons. The molecule has 6 heteroatoms. The summed E-state index contributed by atoms with van der Waals surface area (Å²) in [5, 5.41) is 6.85. The van der Waals surface area contributed by atoms with Gasteiger partial charge in [-0.05, 0) is 31.6 Å². The molecule has 20 heavy (non-hydrogen) atoms. The van der Waals surface area contributed by atoms with Crippen LogP contribution < -0.4 is 5.32 Å². The Balaban J connectivity index is 1.67. The van der Waals surface area contributed by atoms with Crippen molar-refractivity contribution < 1.29 is 9.32 Å². The molecule has 0 spiro atoms. The van der Waals surface area contributed by atoms with Crippen LogP contribution >= 0.6 is 0 Å². The highest BCUT2D eigenvalue weighted by Crippen LogP contribution is 2.21. The lowest BCUT2D eigenvalue weighted by molar-refractivity contribution is 0.168. The molecule has 2 amide bonds. The number of nitrogens with zero attached hydrogens (tertiary/aromatic N) is 3. The zero-order chi connectivity index (χ0) is 14.4. The van der Waals surface area contributed by atoms with Crippen molar-refractivity contribution in [2.24, 2.45) is 5.92 Å². The first kappa shape index (κ1) is 14.8. The Morgan fingerprint density at radius 2 is 2.20 bits per heavy atom. The smallest absolute Gasteiger partial charge is 0.317 e. The van der Waals surface area contributed by atoms with Gasteiger partial charge < -0.3 is 14.7 Å². The molecule has 112 valence electrons. The van der Waals surface area contributed by atoms with Crippen LogP contribution in [0.2, 0.25) is 0 Å². The van der Waals surface area contributed by atoms with E-state index in [0.717, 1.165) is 57.6 Å². The summed E-state index contributed by atoms with van der Waals surface area (Å²) in [5.74, 6) is 2.08. The van der Waals surface area contributed by atoms with Gasteiger partial charge in [0.05, 0.1) is 0 Å². The van der Waals surface area contributed by atoms with Gasteiger partial charge >= 0.3 is 6.03 Å². The van der Waals surface area contributed by atoms with Gasteiger partial charge in [-0.3, -0.25) is 0 Å². The van der Waals surface area contributed by atoms with E-state index >= 15 is 0 Å². The minimum atomic E-state index is 0.0825. The van der Waals surface area contributed by atoms with Gasteiger partial charge in [0, 0.05) is 33.0 Å². The van der Waals surface area contributed by atoms with Crippen molar-refractivity contribution in [3.05, 3.63) is 11.7 Å². The second kappa shape index (κ2) is 7.26. The fourth-order valence-corrected chi connectivity index (χ4v) is 2.54. The first-order valence-electron chi connectivity index (χ1n) is 7.51. The molecule has 1 aromatic heterocycles. The molecule has 2 heterocycles. The number of nitrogens with one attached hydrogen (secondary N) is 1. The molecule has 1 saturated heterocycles. The fourth-order valence-electron chi connectivity index (χ4n) is 2.54. The van der Waals surface area contributed by atoms with E-state index in [-0.39, 0.29) is 6.03 Å². The van der Waals surface area contributed by atoms with E-state index in [1.165, 1.54) is 0 Å². The number of likely N-dealkylation sites (tertiary alicyclic amines) is 1. The summed E-state index contributed by atoms with van der Waals surface area (Å²) in [6.07, 6.45) is 5.05. The number of carbonyl (C=O) groups is 1. The number of rotatable bonds is 5. The molecule has 0 aromatic carbocycles. The van der Waals surface area contributed by atoms with Crippen molar-refractivity contribution in [3.63, 3.8) is 0 Å². The monoisotopic (exact) mass is 280 g/mol. The van der Waals surface area contributed by atoms with Gasteiger partial charge in [0.25, 0.3) is 0 Å². The molecule has 1 aromatic rings. The Kier molecular flexibility index (Phi) is 5.38. The largest absolute Gasteiger partial charge is 0.340 e. The second-order valence-electron chi connectivity index (χ2n) is 5.43. The van der Waals surface area contributed by atoms with E-state index in [4.69, 9.17) is 4.52 Å². The third-order valence-corrected chi connectivity index (χ3v) is 3.77. The standard InChI is InChI=1S/C14H24N4O2/c1-3-8-15-14(19)18-9-6-12(7-10-18)4-5-13-16-11(2)20-17-13/h12H,3-10H2,1-2H3,(H,15,19). The molecule has 0 unspecified atom stereocenters. The predicted octanol–water partition coefficient (Wildman–Crippen LogP) is 2.14. The Bertz CT molecular complexity index is 425. The van der Waals surface area contributed by atoms with Gasteiger partial charge in [-0.15, -0.1) is 0 Å². The maximum absolute atomic E-state index is 11.8. The van der Waals surface area contributed by atoms with Crippen molar-refractivity contribution in [2.45, 2.75) is 46.0 Å². The summed E-state index contributed by atoms with van der Waals surface area (Å²) >= 11 is 0.